The molecule has 0 radical (unpaired) electrons. The second-order valence-electron chi connectivity index (χ2n) is 7.01. The summed E-state index contributed by atoms with van der Waals surface area (Å²) in [5.74, 6) is 0.608. The van der Waals surface area contributed by atoms with Crippen molar-refractivity contribution in [2.24, 2.45) is 23.0 Å². The van der Waals surface area contributed by atoms with Crippen LogP contribution in [0.25, 0.3) is 0 Å². The maximum absolute atomic E-state index is 12.9. The van der Waals surface area contributed by atoms with Crippen LogP contribution in [0.1, 0.15) is 46.5 Å². The van der Waals surface area contributed by atoms with E-state index < -0.39 is 11.7 Å². The molecular weight excluding hydrogens is 253 g/mol. The maximum atomic E-state index is 12.9. The Bertz CT molecular complexity index is 334. The van der Waals surface area contributed by atoms with E-state index in [-0.39, 0.29) is 30.2 Å². The van der Waals surface area contributed by atoms with Crippen LogP contribution in [0.5, 0.6) is 0 Å². The number of rotatable bonds is 3. The Balaban J connectivity index is 1.97. The molecule has 19 heavy (non-hydrogen) atoms. The molecule has 0 heterocycles. The smallest absolute Gasteiger partial charge is 0.327 e. The number of alkyl halides is 3. The van der Waals surface area contributed by atoms with Gasteiger partial charge in [0.1, 0.15) is 5.54 Å². The van der Waals surface area contributed by atoms with Crippen LogP contribution in [0, 0.1) is 17.3 Å². The summed E-state index contributed by atoms with van der Waals surface area (Å²) in [5.41, 5.74) is 4.48. The average molecular weight is 278 g/mol. The Hall–Kier alpha value is -0.290. The maximum Gasteiger partial charge on any atom is 0.406 e. The molecule has 0 amide bonds. The first kappa shape index (κ1) is 15.1. The van der Waals surface area contributed by atoms with Crippen LogP contribution in [-0.2, 0) is 0 Å². The van der Waals surface area contributed by atoms with Gasteiger partial charge in [0.05, 0.1) is 0 Å². The van der Waals surface area contributed by atoms with Gasteiger partial charge in [0.2, 0.25) is 0 Å². The number of nitrogens with one attached hydrogen (secondary N) is 1. The van der Waals surface area contributed by atoms with Crippen LogP contribution in [0.3, 0.4) is 0 Å². The molecule has 3 N–H and O–H groups in total. The SMILES string of the molecule is CC1C(N)CCC(CNC2(C(F)(F)F)CC2)C1(C)C. The van der Waals surface area contributed by atoms with Crippen LogP contribution in [0.2, 0.25) is 0 Å². The highest BCUT2D eigenvalue weighted by Crippen LogP contribution is 2.50. The topological polar surface area (TPSA) is 38.0 Å². The van der Waals surface area contributed by atoms with E-state index in [9.17, 15) is 13.2 Å². The van der Waals surface area contributed by atoms with E-state index in [1.165, 1.54) is 0 Å². The van der Waals surface area contributed by atoms with E-state index in [4.69, 9.17) is 5.73 Å². The van der Waals surface area contributed by atoms with Crippen molar-refractivity contribution in [3.05, 3.63) is 0 Å². The second kappa shape index (κ2) is 4.62. The third kappa shape index (κ3) is 2.64. The molecule has 5 heteroatoms. The van der Waals surface area contributed by atoms with E-state index in [1.54, 1.807) is 0 Å². The summed E-state index contributed by atoms with van der Waals surface area (Å²) in [6.07, 6.45) is -1.85. The molecule has 0 aromatic carbocycles. The van der Waals surface area contributed by atoms with E-state index in [0.29, 0.717) is 12.5 Å². The highest BCUT2D eigenvalue weighted by molar-refractivity contribution is 5.08. The van der Waals surface area contributed by atoms with Crippen LogP contribution in [0.15, 0.2) is 0 Å². The van der Waals surface area contributed by atoms with Gasteiger partial charge in [-0.2, -0.15) is 13.2 Å². The first-order chi connectivity index (χ1) is 8.60. The van der Waals surface area contributed by atoms with Crippen LogP contribution in [0.4, 0.5) is 13.2 Å². The van der Waals surface area contributed by atoms with Crippen molar-refractivity contribution in [3.63, 3.8) is 0 Å². The molecule has 0 saturated heterocycles. The molecule has 3 unspecified atom stereocenters. The third-order valence-corrected chi connectivity index (χ3v) is 5.70. The van der Waals surface area contributed by atoms with Crippen molar-refractivity contribution < 1.29 is 13.2 Å². The summed E-state index contributed by atoms with van der Waals surface area (Å²) < 4.78 is 38.7. The zero-order valence-corrected chi connectivity index (χ0v) is 12.0. The lowest BCUT2D eigenvalue weighted by molar-refractivity contribution is -0.167. The van der Waals surface area contributed by atoms with Crippen molar-refractivity contribution in [2.75, 3.05) is 6.54 Å². The van der Waals surface area contributed by atoms with Gasteiger partial charge in [-0.15, -0.1) is 0 Å². The van der Waals surface area contributed by atoms with Gasteiger partial charge in [-0.25, -0.2) is 0 Å². The fraction of sp³-hybridized carbons (Fsp3) is 1.00. The highest BCUT2D eigenvalue weighted by atomic mass is 19.4. The van der Waals surface area contributed by atoms with Gasteiger partial charge in [0.25, 0.3) is 0 Å². The molecule has 2 nitrogen and oxygen atoms in total. The zero-order valence-electron chi connectivity index (χ0n) is 12.0. The minimum Gasteiger partial charge on any atom is -0.327 e. The normalized spacial score (nSPS) is 37.1. The molecule has 0 bridgehead atoms. The van der Waals surface area contributed by atoms with E-state index >= 15 is 0 Å². The van der Waals surface area contributed by atoms with Crippen molar-refractivity contribution in [3.8, 4) is 0 Å². The standard InChI is InChI=1S/C14H25F3N2/c1-9-11(18)5-4-10(12(9,2)3)8-19-13(6-7-13)14(15,16)17/h9-11,19H,4-8,18H2,1-3H3. The molecule has 2 fully saturated rings. The summed E-state index contributed by atoms with van der Waals surface area (Å²) in [6, 6.07) is 0.170. The Kier molecular flexibility index (Phi) is 3.67. The minimum absolute atomic E-state index is 0.00759. The lowest BCUT2D eigenvalue weighted by Gasteiger charge is -2.47. The molecule has 3 atom stereocenters. The quantitative estimate of drug-likeness (QED) is 0.832. The summed E-state index contributed by atoms with van der Waals surface area (Å²) >= 11 is 0. The van der Waals surface area contributed by atoms with Crippen LogP contribution < -0.4 is 11.1 Å². The molecule has 0 aromatic rings. The molecular formula is C14H25F3N2. The van der Waals surface area contributed by atoms with Crippen LogP contribution in [-0.4, -0.2) is 24.3 Å². The largest absolute Gasteiger partial charge is 0.406 e. The van der Waals surface area contributed by atoms with E-state index in [2.05, 4.69) is 26.1 Å². The molecule has 2 aliphatic rings. The van der Waals surface area contributed by atoms with Gasteiger partial charge >= 0.3 is 6.18 Å². The van der Waals surface area contributed by atoms with Gasteiger partial charge < -0.3 is 11.1 Å². The minimum atomic E-state index is -4.12. The van der Waals surface area contributed by atoms with Crippen molar-refractivity contribution in [1.29, 1.82) is 0 Å². The second-order valence-corrected chi connectivity index (χ2v) is 7.01. The third-order valence-electron chi connectivity index (χ3n) is 5.70. The number of nitrogens with two attached hydrogens (primary N) is 1. The molecule has 0 aromatic heterocycles. The average Bonchev–Trinajstić information content (AvgIpc) is 3.05. The summed E-state index contributed by atoms with van der Waals surface area (Å²) in [4.78, 5) is 0. The lowest BCUT2D eigenvalue weighted by Crippen LogP contribution is -2.53. The fourth-order valence-corrected chi connectivity index (χ4v) is 3.31. The first-order valence-electron chi connectivity index (χ1n) is 7.17. The van der Waals surface area contributed by atoms with Gasteiger partial charge in [-0.1, -0.05) is 20.8 Å². The Morgan fingerprint density at radius 1 is 1.21 bits per heavy atom. The van der Waals surface area contributed by atoms with Crippen molar-refractivity contribution in [2.45, 2.75) is 64.2 Å². The first-order valence-corrected chi connectivity index (χ1v) is 7.17. The fourth-order valence-electron chi connectivity index (χ4n) is 3.31. The molecule has 112 valence electrons. The number of halogens is 3. The number of hydrogen-bond acceptors (Lipinski definition) is 2. The molecule has 2 aliphatic carbocycles. The summed E-state index contributed by atoms with van der Waals surface area (Å²) in [5, 5.41) is 2.80. The van der Waals surface area contributed by atoms with E-state index in [1.807, 2.05) is 0 Å². The van der Waals surface area contributed by atoms with Crippen molar-refractivity contribution in [1.82, 2.24) is 5.32 Å². The van der Waals surface area contributed by atoms with Gasteiger partial charge in [0, 0.05) is 6.04 Å². The number of hydrogen-bond donors (Lipinski definition) is 2. The Labute approximate surface area is 113 Å². The Morgan fingerprint density at radius 2 is 1.79 bits per heavy atom. The highest BCUT2D eigenvalue weighted by Gasteiger charge is 2.63. The molecule has 0 spiro atoms. The molecule has 2 saturated carbocycles. The zero-order chi connectivity index (χ0) is 14.5. The van der Waals surface area contributed by atoms with Gasteiger partial charge in [-0.05, 0) is 49.5 Å². The van der Waals surface area contributed by atoms with Gasteiger partial charge in [-0.3, -0.25) is 0 Å². The molecule has 2 rings (SSSR count). The monoisotopic (exact) mass is 278 g/mol. The molecule has 0 aliphatic heterocycles. The van der Waals surface area contributed by atoms with E-state index in [0.717, 1.165) is 12.8 Å². The Morgan fingerprint density at radius 3 is 2.26 bits per heavy atom. The predicted molar refractivity (Wildman–Crippen MR) is 69.7 cm³/mol. The summed E-state index contributed by atoms with van der Waals surface area (Å²) in [6.45, 7) is 6.84. The predicted octanol–water partition coefficient (Wildman–Crippen LogP) is 3.07. The summed E-state index contributed by atoms with van der Waals surface area (Å²) in [7, 11) is 0. The van der Waals surface area contributed by atoms with Crippen LogP contribution >= 0.6 is 0 Å². The van der Waals surface area contributed by atoms with Gasteiger partial charge in [0.15, 0.2) is 0 Å². The lowest BCUT2D eigenvalue weighted by atomic mass is 9.61. The van der Waals surface area contributed by atoms with Crippen molar-refractivity contribution >= 4 is 0 Å².